The van der Waals surface area contributed by atoms with Crippen molar-refractivity contribution < 1.29 is 9.18 Å². The van der Waals surface area contributed by atoms with E-state index in [1.807, 2.05) is 41.3 Å². The van der Waals surface area contributed by atoms with Crippen LogP contribution in [0.5, 0.6) is 0 Å². The second kappa shape index (κ2) is 9.09. The number of carbonyl (C=O) groups excluding carboxylic acids is 1. The van der Waals surface area contributed by atoms with Crippen LogP contribution in [0, 0.1) is 12.7 Å². The van der Waals surface area contributed by atoms with Gasteiger partial charge in [-0.2, -0.15) is 0 Å². The molecule has 2 heterocycles. The Morgan fingerprint density at radius 3 is 2.35 bits per heavy atom. The highest BCUT2D eigenvalue weighted by Gasteiger charge is 2.23. The molecule has 1 aliphatic heterocycles. The lowest BCUT2D eigenvalue weighted by Gasteiger charge is -2.36. The Labute approximate surface area is 196 Å². The highest BCUT2D eigenvalue weighted by atomic mass is 19.1. The zero-order valence-electron chi connectivity index (χ0n) is 18.9. The minimum atomic E-state index is -0.257. The molecule has 34 heavy (non-hydrogen) atoms. The summed E-state index contributed by atoms with van der Waals surface area (Å²) in [6, 6.07) is 21.6. The summed E-state index contributed by atoms with van der Waals surface area (Å²) >= 11 is 0. The van der Waals surface area contributed by atoms with Crippen molar-refractivity contribution in [3.05, 3.63) is 106 Å². The molecule has 1 aliphatic rings. The topological polar surface area (TPSA) is 58.4 Å². The van der Waals surface area contributed by atoms with Crippen molar-refractivity contribution in [1.82, 2.24) is 14.5 Å². The summed E-state index contributed by atoms with van der Waals surface area (Å²) < 4.78 is 14.9. The largest absolute Gasteiger partial charge is 0.368 e. The molecule has 0 spiro atoms. The maximum Gasteiger partial charge on any atom is 0.272 e. The highest BCUT2D eigenvalue weighted by Crippen LogP contribution is 2.20. The minimum absolute atomic E-state index is 0.0547. The van der Waals surface area contributed by atoms with Crippen molar-refractivity contribution in [3.8, 4) is 0 Å². The van der Waals surface area contributed by atoms with E-state index in [0.29, 0.717) is 55.0 Å². The maximum atomic E-state index is 13.2. The molecule has 1 aromatic heterocycles. The number of fused-ring (bicyclic) bond motifs is 1. The van der Waals surface area contributed by atoms with Crippen LogP contribution in [-0.2, 0) is 6.54 Å². The van der Waals surface area contributed by atoms with Gasteiger partial charge in [0, 0.05) is 37.4 Å². The van der Waals surface area contributed by atoms with Crippen LogP contribution in [0.4, 0.5) is 10.1 Å². The second-order valence-electron chi connectivity index (χ2n) is 8.53. The predicted octanol–water partition coefficient (Wildman–Crippen LogP) is 3.85. The number of anilines is 1. The number of nitrogens with zero attached hydrogens (tertiary/aromatic N) is 4. The average molecular weight is 457 g/mol. The van der Waals surface area contributed by atoms with E-state index in [4.69, 9.17) is 0 Å². The van der Waals surface area contributed by atoms with E-state index in [-0.39, 0.29) is 17.3 Å². The number of benzene rings is 3. The van der Waals surface area contributed by atoms with Crippen molar-refractivity contribution in [2.45, 2.75) is 13.5 Å². The van der Waals surface area contributed by atoms with Crippen LogP contribution in [0.3, 0.4) is 0 Å². The Bertz CT molecular complexity index is 1390. The van der Waals surface area contributed by atoms with E-state index >= 15 is 0 Å². The highest BCUT2D eigenvalue weighted by molar-refractivity contribution is 5.97. The normalized spacial score (nSPS) is 13.9. The number of amides is 1. The lowest BCUT2D eigenvalue weighted by Crippen LogP contribution is -2.48. The number of aryl methyl sites for hydroxylation is 1. The molecule has 1 fully saturated rings. The third-order valence-electron chi connectivity index (χ3n) is 6.30. The van der Waals surface area contributed by atoms with E-state index in [9.17, 15) is 14.0 Å². The van der Waals surface area contributed by atoms with Gasteiger partial charge in [-0.15, -0.1) is 0 Å². The molecular weight excluding hydrogens is 431 g/mol. The van der Waals surface area contributed by atoms with Gasteiger partial charge in [0.25, 0.3) is 11.5 Å². The standard InChI is InChI=1S/C27H25FN4O2/c1-19-26(33)32(18-20-5-3-2-4-6-20)25-12-7-21(17-24(25)29-19)27(34)31-15-13-30(14-16-31)23-10-8-22(28)9-11-23/h2-12,17H,13-16,18H2,1H3. The summed E-state index contributed by atoms with van der Waals surface area (Å²) in [7, 11) is 0. The minimum Gasteiger partial charge on any atom is -0.368 e. The van der Waals surface area contributed by atoms with Gasteiger partial charge in [-0.3, -0.25) is 9.59 Å². The molecule has 4 aromatic rings. The van der Waals surface area contributed by atoms with Gasteiger partial charge in [0.15, 0.2) is 0 Å². The Balaban J connectivity index is 1.37. The van der Waals surface area contributed by atoms with Gasteiger partial charge >= 0.3 is 0 Å². The number of piperazine rings is 1. The van der Waals surface area contributed by atoms with Crippen molar-refractivity contribution >= 4 is 22.6 Å². The van der Waals surface area contributed by atoms with Crippen LogP contribution >= 0.6 is 0 Å². The molecule has 0 bridgehead atoms. The third kappa shape index (κ3) is 4.29. The van der Waals surface area contributed by atoms with Crippen molar-refractivity contribution in [2.75, 3.05) is 31.1 Å². The van der Waals surface area contributed by atoms with Crippen LogP contribution in [0.15, 0.2) is 77.6 Å². The lowest BCUT2D eigenvalue weighted by atomic mass is 10.1. The zero-order chi connectivity index (χ0) is 23.7. The fourth-order valence-corrected chi connectivity index (χ4v) is 4.43. The molecule has 172 valence electrons. The van der Waals surface area contributed by atoms with Gasteiger partial charge in [-0.25, -0.2) is 9.37 Å². The third-order valence-corrected chi connectivity index (χ3v) is 6.30. The number of aromatic nitrogens is 2. The fraction of sp³-hybridized carbons (Fsp3) is 0.222. The Morgan fingerprint density at radius 2 is 1.65 bits per heavy atom. The first-order chi connectivity index (χ1) is 16.5. The molecule has 1 saturated heterocycles. The summed E-state index contributed by atoms with van der Waals surface area (Å²) in [5.74, 6) is -0.312. The summed E-state index contributed by atoms with van der Waals surface area (Å²) in [5, 5.41) is 0. The number of halogens is 1. The first-order valence-corrected chi connectivity index (χ1v) is 11.3. The van der Waals surface area contributed by atoms with Crippen molar-refractivity contribution in [1.29, 1.82) is 0 Å². The molecule has 7 heteroatoms. The van der Waals surface area contributed by atoms with E-state index in [1.54, 1.807) is 35.8 Å². The number of carbonyl (C=O) groups is 1. The van der Waals surface area contributed by atoms with Crippen LogP contribution in [0.2, 0.25) is 0 Å². The molecule has 3 aromatic carbocycles. The molecule has 0 aliphatic carbocycles. The summed E-state index contributed by atoms with van der Waals surface area (Å²) in [4.78, 5) is 34.5. The quantitative estimate of drug-likeness (QED) is 0.468. The molecule has 1 amide bonds. The van der Waals surface area contributed by atoms with Crippen LogP contribution < -0.4 is 10.5 Å². The van der Waals surface area contributed by atoms with Crippen LogP contribution in [0.25, 0.3) is 11.0 Å². The molecule has 0 N–H and O–H groups in total. The molecule has 0 radical (unpaired) electrons. The summed E-state index contributed by atoms with van der Waals surface area (Å²) in [6.07, 6.45) is 0. The van der Waals surface area contributed by atoms with Gasteiger partial charge in [0.2, 0.25) is 0 Å². The summed E-state index contributed by atoms with van der Waals surface area (Å²) in [6.45, 7) is 4.66. The SMILES string of the molecule is Cc1nc2cc(C(=O)N3CCN(c4ccc(F)cc4)CC3)ccc2n(Cc2ccccc2)c1=O. The van der Waals surface area contributed by atoms with Crippen LogP contribution in [-0.4, -0.2) is 46.5 Å². The summed E-state index contributed by atoms with van der Waals surface area (Å²) in [5.41, 5.74) is 4.14. The molecule has 6 nitrogen and oxygen atoms in total. The van der Waals surface area contributed by atoms with Gasteiger partial charge < -0.3 is 14.4 Å². The van der Waals surface area contributed by atoms with Gasteiger partial charge in [-0.1, -0.05) is 30.3 Å². The monoisotopic (exact) mass is 456 g/mol. The molecule has 0 atom stereocenters. The smallest absolute Gasteiger partial charge is 0.272 e. The van der Waals surface area contributed by atoms with Crippen LogP contribution in [0.1, 0.15) is 21.6 Å². The number of hydrogen-bond donors (Lipinski definition) is 0. The van der Waals surface area contributed by atoms with Gasteiger partial charge in [0.1, 0.15) is 11.5 Å². The van der Waals surface area contributed by atoms with Gasteiger partial charge in [-0.05, 0) is 55.0 Å². The zero-order valence-corrected chi connectivity index (χ0v) is 18.9. The van der Waals surface area contributed by atoms with E-state index < -0.39 is 0 Å². The molecule has 5 rings (SSSR count). The average Bonchev–Trinajstić information content (AvgIpc) is 2.87. The molecule has 0 unspecified atom stereocenters. The number of rotatable bonds is 4. The first kappa shape index (κ1) is 21.8. The Hall–Kier alpha value is -4.00. The molecule has 0 saturated carbocycles. The van der Waals surface area contributed by atoms with E-state index in [2.05, 4.69) is 9.88 Å². The van der Waals surface area contributed by atoms with Gasteiger partial charge in [0.05, 0.1) is 17.6 Å². The predicted molar refractivity (Wildman–Crippen MR) is 131 cm³/mol. The maximum absolute atomic E-state index is 13.2. The first-order valence-electron chi connectivity index (χ1n) is 11.3. The van der Waals surface area contributed by atoms with E-state index in [0.717, 1.165) is 11.3 Å². The van der Waals surface area contributed by atoms with E-state index in [1.165, 1.54) is 12.1 Å². The lowest BCUT2D eigenvalue weighted by molar-refractivity contribution is 0.0747. The van der Waals surface area contributed by atoms with Crippen molar-refractivity contribution in [3.63, 3.8) is 0 Å². The number of hydrogen-bond acceptors (Lipinski definition) is 4. The second-order valence-corrected chi connectivity index (χ2v) is 8.53. The Kier molecular flexibility index (Phi) is 5.84. The Morgan fingerprint density at radius 1 is 0.941 bits per heavy atom. The molecular formula is C27H25FN4O2. The van der Waals surface area contributed by atoms with Crippen molar-refractivity contribution in [2.24, 2.45) is 0 Å². The fourth-order valence-electron chi connectivity index (χ4n) is 4.43.